The maximum atomic E-state index is 12.7. The molecule has 1 spiro atoms. The van der Waals surface area contributed by atoms with Crippen LogP contribution < -0.4 is 4.74 Å². The number of piperidine rings is 1. The van der Waals surface area contributed by atoms with Crippen LogP contribution >= 0.6 is 0 Å². The first kappa shape index (κ1) is 28.8. The fraction of sp³-hybridized carbons (Fsp3) is 0.611. The lowest BCUT2D eigenvalue weighted by Gasteiger charge is -2.65. The standard InChI is InChI=1S/C36H50N2O3/c1-3-5-12-23-37(24-13-7-6-9-14-27-15-10-8-11-16-27)29-19-20-36(40)31-26-28-17-18-30(39)33-32(28)35(36,34(29)41-33)21-25-38(31)22-4-2/h4,8,10-11,15-18,29,31,34,39-40H,2-3,5-7,9,12-14,19-26H2,1H3/t29-,31+,34-,35-,36+/m0/s1. The third-order valence-corrected chi connectivity index (χ3v) is 10.9. The highest BCUT2D eigenvalue weighted by atomic mass is 16.5. The van der Waals surface area contributed by atoms with E-state index in [0.29, 0.717) is 5.75 Å². The molecule has 1 saturated carbocycles. The highest BCUT2D eigenvalue weighted by Gasteiger charge is 2.73. The van der Waals surface area contributed by atoms with Crippen molar-refractivity contribution in [1.29, 1.82) is 0 Å². The number of hydrogen-bond donors (Lipinski definition) is 2. The van der Waals surface area contributed by atoms with Crippen LogP contribution in [0.4, 0.5) is 0 Å². The second kappa shape index (κ2) is 12.1. The van der Waals surface area contributed by atoms with Crippen molar-refractivity contribution in [3.05, 3.63) is 71.8 Å². The van der Waals surface area contributed by atoms with Gasteiger partial charge in [0, 0.05) is 24.2 Å². The number of benzene rings is 2. The predicted octanol–water partition coefficient (Wildman–Crippen LogP) is 6.40. The Morgan fingerprint density at radius 1 is 1.02 bits per heavy atom. The van der Waals surface area contributed by atoms with Crippen molar-refractivity contribution in [1.82, 2.24) is 9.80 Å². The van der Waals surface area contributed by atoms with Crippen LogP contribution in [-0.4, -0.2) is 70.0 Å². The summed E-state index contributed by atoms with van der Waals surface area (Å²) in [5.74, 6) is 0.888. The van der Waals surface area contributed by atoms with Crippen LogP contribution in [-0.2, 0) is 18.3 Å². The normalized spacial score (nSPS) is 29.8. The van der Waals surface area contributed by atoms with E-state index in [1.807, 2.05) is 12.1 Å². The molecule has 6 rings (SSSR count). The van der Waals surface area contributed by atoms with E-state index in [4.69, 9.17) is 4.74 Å². The fourth-order valence-electron chi connectivity index (χ4n) is 9.01. The molecule has 2 aromatic carbocycles. The summed E-state index contributed by atoms with van der Waals surface area (Å²) in [6.45, 7) is 10.2. The summed E-state index contributed by atoms with van der Waals surface area (Å²) in [6.07, 6.45) is 15.0. The molecule has 0 radical (unpaired) electrons. The second-order valence-corrected chi connectivity index (χ2v) is 13.1. The van der Waals surface area contributed by atoms with Crippen molar-refractivity contribution in [3.63, 3.8) is 0 Å². The van der Waals surface area contributed by atoms with E-state index in [2.05, 4.69) is 59.7 Å². The number of aliphatic hydroxyl groups is 1. The van der Waals surface area contributed by atoms with Gasteiger partial charge in [-0.05, 0) is 88.2 Å². The Kier molecular flexibility index (Phi) is 8.49. The zero-order valence-corrected chi connectivity index (χ0v) is 25.1. The molecule has 2 aromatic rings. The molecule has 1 saturated heterocycles. The van der Waals surface area contributed by atoms with Gasteiger partial charge in [0.25, 0.3) is 0 Å². The number of unbranched alkanes of at least 4 members (excludes halogenated alkanes) is 5. The van der Waals surface area contributed by atoms with Crippen LogP contribution in [0.1, 0.15) is 87.8 Å². The Morgan fingerprint density at radius 2 is 1.80 bits per heavy atom. The van der Waals surface area contributed by atoms with Gasteiger partial charge < -0.3 is 14.9 Å². The van der Waals surface area contributed by atoms with Crippen molar-refractivity contribution in [2.45, 2.75) is 113 Å². The lowest BCUT2D eigenvalue weighted by molar-refractivity contribution is -0.198. The summed E-state index contributed by atoms with van der Waals surface area (Å²) in [5.41, 5.74) is 2.50. The van der Waals surface area contributed by atoms with Gasteiger partial charge in [0.05, 0.1) is 11.0 Å². The molecule has 2 aliphatic carbocycles. The fourth-order valence-corrected chi connectivity index (χ4v) is 9.01. The van der Waals surface area contributed by atoms with Crippen LogP contribution in [0.5, 0.6) is 11.5 Å². The van der Waals surface area contributed by atoms with Crippen LogP contribution in [0.2, 0.25) is 0 Å². The number of aromatic hydroxyl groups is 1. The molecule has 41 heavy (non-hydrogen) atoms. The highest BCUT2D eigenvalue weighted by Crippen LogP contribution is 2.65. The average molecular weight is 559 g/mol. The van der Waals surface area contributed by atoms with Gasteiger partial charge in [-0.2, -0.15) is 0 Å². The SMILES string of the molecule is C=CCN1CC[C@]23c4c5ccc(O)c4O[C@H]2[C@@H](N(CCCCC)CCCCCCc2ccccc2)CC[C@@]3(O)[C@H]1C5. The van der Waals surface area contributed by atoms with Crippen LogP contribution in [0.3, 0.4) is 0 Å². The van der Waals surface area contributed by atoms with E-state index < -0.39 is 11.0 Å². The summed E-state index contributed by atoms with van der Waals surface area (Å²) in [4.78, 5) is 5.16. The summed E-state index contributed by atoms with van der Waals surface area (Å²) in [5, 5.41) is 23.7. The van der Waals surface area contributed by atoms with Crippen molar-refractivity contribution in [2.24, 2.45) is 0 Å². The molecule has 0 amide bonds. The second-order valence-electron chi connectivity index (χ2n) is 13.1. The van der Waals surface area contributed by atoms with E-state index in [1.54, 1.807) is 0 Å². The van der Waals surface area contributed by atoms with Gasteiger partial charge in [0.15, 0.2) is 11.5 Å². The Bertz CT molecular complexity index is 1200. The topological polar surface area (TPSA) is 56.2 Å². The Labute approximate surface area is 247 Å². The first-order valence-electron chi connectivity index (χ1n) is 16.4. The minimum Gasteiger partial charge on any atom is -0.504 e. The number of nitrogens with zero attached hydrogens (tertiary/aromatic N) is 2. The van der Waals surface area contributed by atoms with Crippen LogP contribution in [0, 0.1) is 0 Å². The number of aryl methyl sites for hydroxylation is 1. The Hall–Kier alpha value is -2.34. The molecular formula is C36H50N2O3. The van der Waals surface area contributed by atoms with Crippen molar-refractivity contribution in [2.75, 3.05) is 26.2 Å². The zero-order valence-electron chi connectivity index (χ0n) is 25.1. The van der Waals surface area contributed by atoms with Crippen molar-refractivity contribution >= 4 is 0 Å². The maximum absolute atomic E-state index is 12.7. The third kappa shape index (κ3) is 4.92. The van der Waals surface area contributed by atoms with Gasteiger partial charge in [0.2, 0.25) is 0 Å². The van der Waals surface area contributed by atoms with Gasteiger partial charge >= 0.3 is 0 Å². The monoisotopic (exact) mass is 558 g/mol. The molecule has 0 aromatic heterocycles. The van der Waals surface area contributed by atoms with Crippen molar-refractivity contribution in [3.8, 4) is 11.5 Å². The smallest absolute Gasteiger partial charge is 0.165 e. The molecule has 4 aliphatic rings. The number of rotatable bonds is 14. The molecule has 0 unspecified atom stereocenters. The number of hydrogen-bond acceptors (Lipinski definition) is 5. The van der Waals surface area contributed by atoms with Crippen LogP contribution in [0.25, 0.3) is 0 Å². The van der Waals surface area contributed by atoms with Gasteiger partial charge in [-0.25, -0.2) is 0 Å². The Morgan fingerprint density at radius 3 is 2.59 bits per heavy atom. The average Bonchev–Trinajstić information content (AvgIpc) is 3.33. The number of ether oxygens (including phenoxy) is 1. The molecule has 2 bridgehead atoms. The van der Waals surface area contributed by atoms with Crippen molar-refractivity contribution < 1.29 is 14.9 Å². The number of phenolic OH excluding ortho intramolecular Hbond substituents is 1. The molecule has 5 atom stereocenters. The summed E-state index contributed by atoms with van der Waals surface area (Å²) in [7, 11) is 0. The lowest BCUT2D eigenvalue weighted by atomic mass is 9.48. The minimum absolute atomic E-state index is 0.0578. The zero-order chi connectivity index (χ0) is 28.5. The number of likely N-dealkylation sites (tertiary alicyclic amines) is 1. The summed E-state index contributed by atoms with van der Waals surface area (Å²) < 4.78 is 6.87. The molecule has 2 N–H and O–H groups in total. The molecule has 2 aliphatic heterocycles. The third-order valence-electron chi connectivity index (χ3n) is 10.9. The molecule has 2 heterocycles. The van der Waals surface area contributed by atoms with E-state index in [1.165, 1.54) is 56.1 Å². The molecule has 2 fully saturated rings. The molecule has 222 valence electrons. The highest BCUT2D eigenvalue weighted by molar-refractivity contribution is 5.62. The van der Waals surface area contributed by atoms with E-state index >= 15 is 0 Å². The summed E-state index contributed by atoms with van der Waals surface area (Å²) in [6, 6.07) is 15.0. The van der Waals surface area contributed by atoms with E-state index in [-0.39, 0.29) is 23.9 Å². The van der Waals surface area contributed by atoms with Gasteiger partial charge in [0.1, 0.15) is 6.10 Å². The van der Waals surface area contributed by atoms with E-state index in [9.17, 15) is 10.2 Å². The maximum Gasteiger partial charge on any atom is 0.165 e. The molecule has 5 nitrogen and oxygen atoms in total. The molecular weight excluding hydrogens is 508 g/mol. The summed E-state index contributed by atoms with van der Waals surface area (Å²) >= 11 is 0. The largest absolute Gasteiger partial charge is 0.504 e. The molecule has 5 heteroatoms. The first-order chi connectivity index (χ1) is 20.0. The minimum atomic E-state index is -0.853. The van der Waals surface area contributed by atoms with Gasteiger partial charge in [-0.1, -0.05) is 75.1 Å². The quantitative estimate of drug-likeness (QED) is 0.208. The van der Waals surface area contributed by atoms with Crippen LogP contribution in [0.15, 0.2) is 55.1 Å². The van der Waals surface area contributed by atoms with Gasteiger partial charge in [-0.3, -0.25) is 9.80 Å². The predicted molar refractivity (Wildman–Crippen MR) is 166 cm³/mol. The first-order valence-corrected chi connectivity index (χ1v) is 16.4. The number of phenols is 1. The lowest BCUT2D eigenvalue weighted by Crippen LogP contribution is -2.78. The Balaban J connectivity index is 1.22. The van der Waals surface area contributed by atoms with Gasteiger partial charge in [-0.15, -0.1) is 6.58 Å². The van der Waals surface area contributed by atoms with E-state index in [0.717, 1.165) is 63.8 Å².